The average Bonchev–Trinajstić information content (AvgIpc) is 2.73. The molecule has 23 heavy (non-hydrogen) atoms. The average molecular weight is 385 g/mol. The Labute approximate surface area is 139 Å². The molecule has 0 atom stereocenters. The summed E-state index contributed by atoms with van der Waals surface area (Å²) in [7, 11) is 2.96. The number of carbonyl (C=O) groups excluding carboxylic acids is 2. The molecule has 0 unspecified atom stereocenters. The maximum atomic E-state index is 12.1. The lowest BCUT2D eigenvalue weighted by atomic mass is 10.1. The van der Waals surface area contributed by atoms with E-state index in [9.17, 15) is 14.4 Å². The third kappa shape index (κ3) is 3.45. The third-order valence-corrected chi connectivity index (χ3v) is 3.61. The molecule has 0 radical (unpaired) electrons. The summed E-state index contributed by atoms with van der Waals surface area (Å²) in [6.45, 7) is -0.697. The van der Waals surface area contributed by atoms with E-state index in [1.54, 1.807) is 12.1 Å². The van der Waals surface area contributed by atoms with Crippen LogP contribution in [0.2, 0.25) is 0 Å². The third-order valence-electron chi connectivity index (χ3n) is 3.02. The summed E-state index contributed by atoms with van der Waals surface area (Å²) in [6, 6.07) is 2.52. The van der Waals surface area contributed by atoms with Crippen LogP contribution in [0.25, 0.3) is 6.08 Å². The Morgan fingerprint density at radius 2 is 2.04 bits per heavy atom. The van der Waals surface area contributed by atoms with Crippen LogP contribution in [-0.4, -0.2) is 48.7 Å². The molecule has 3 amide bonds. The van der Waals surface area contributed by atoms with Crippen LogP contribution in [0.15, 0.2) is 22.3 Å². The van der Waals surface area contributed by atoms with Gasteiger partial charge in [0, 0.05) is 0 Å². The topological polar surface area (TPSA) is 105 Å². The lowest BCUT2D eigenvalue weighted by molar-refractivity contribution is -0.140. The van der Waals surface area contributed by atoms with Crippen molar-refractivity contribution in [2.75, 3.05) is 20.8 Å². The van der Waals surface area contributed by atoms with Gasteiger partial charge in [0.25, 0.3) is 5.91 Å². The number of ether oxygens (including phenoxy) is 2. The summed E-state index contributed by atoms with van der Waals surface area (Å²) in [5.74, 6) is -1.05. The van der Waals surface area contributed by atoms with E-state index in [2.05, 4.69) is 21.2 Å². The standard InChI is InChI=1S/C14H13BrN2O6/c1-22-10-5-7(3-8(15)12(10)23-2)4-9-13(20)17(6-11(18)19)14(21)16-9/h3-5H,6H2,1-2H3,(H,16,21)(H,18,19)/b9-4-. The van der Waals surface area contributed by atoms with Crippen molar-refractivity contribution in [2.45, 2.75) is 0 Å². The second kappa shape index (κ2) is 6.69. The highest BCUT2D eigenvalue weighted by Gasteiger charge is 2.34. The summed E-state index contributed by atoms with van der Waals surface area (Å²) < 4.78 is 11.0. The number of amides is 3. The molecule has 2 rings (SSSR count). The van der Waals surface area contributed by atoms with Crippen molar-refractivity contribution in [1.29, 1.82) is 0 Å². The summed E-state index contributed by atoms with van der Waals surface area (Å²) in [5.41, 5.74) is 0.547. The molecule has 0 aliphatic carbocycles. The zero-order valence-electron chi connectivity index (χ0n) is 12.3. The molecule has 1 aliphatic rings. The van der Waals surface area contributed by atoms with Crippen molar-refractivity contribution in [3.8, 4) is 11.5 Å². The zero-order chi connectivity index (χ0) is 17.1. The van der Waals surface area contributed by atoms with Crippen molar-refractivity contribution in [3.05, 3.63) is 27.9 Å². The van der Waals surface area contributed by atoms with Gasteiger partial charge in [-0.3, -0.25) is 9.59 Å². The van der Waals surface area contributed by atoms with Crippen molar-refractivity contribution in [1.82, 2.24) is 10.2 Å². The number of aliphatic carboxylic acids is 1. The lowest BCUT2D eigenvalue weighted by Crippen LogP contribution is -2.35. The maximum Gasteiger partial charge on any atom is 0.329 e. The molecule has 0 bridgehead atoms. The monoisotopic (exact) mass is 384 g/mol. The fourth-order valence-electron chi connectivity index (χ4n) is 2.04. The molecule has 1 fully saturated rings. The fraction of sp³-hybridized carbons (Fsp3) is 0.214. The first-order chi connectivity index (χ1) is 10.9. The molecule has 8 nitrogen and oxygen atoms in total. The Hall–Kier alpha value is -2.55. The van der Waals surface area contributed by atoms with Crippen molar-refractivity contribution < 1.29 is 29.0 Å². The minimum Gasteiger partial charge on any atom is -0.493 e. The first-order valence-electron chi connectivity index (χ1n) is 6.35. The van der Waals surface area contributed by atoms with E-state index in [1.165, 1.54) is 20.3 Å². The van der Waals surface area contributed by atoms with Gasteiger partial charge in [-0.05, 0) is 39.7 Å². The minimum absolute atomic E-state index is 0.0182. The smallest absolute Gasteiger partial charge is 0.329 e. The number of carboxylic acid groups (broad SMARTS) is 1. The van der Waals surface area contributed by atoms with E-state index in [1.807, 2.05) is 0 Å². The molecular formula is C14H13BrN2O6. The van der Waals surface area contributed by atoms with Crippen LogP contribution in [0.4, 0.5) is 4.79 Å². The van der Waals surface area contributed by atoms with E-state index in [-0.39, 0.29) is 5.70 Å². The number of nitrogens with zero attached hydrogens (tertiary/aromatic N) is 1. The minimum atomic E-state index is -1.27. The van der Waals surface area contributed by atoms with Gasteiger partial charge in [-0.15, -0.1) is 0 Å². The molecule has 1 aliphatic heterocycles. The van der Waals surface area contributed by atoms with Gasteiger partial charge >= 0.3 is 12.0 Å². The summed E-state index contributed by atoms with van der Waals surface area (Å²) in [5, 5.41) is 11.1. The number of imide groups is 1. The molecule has 0 spiro atoms. The van der Waals surface area contributed by atoms with Crippen LogP contribution < -0.4 is 14.8 Å². The Morgan fingerprint density at radius 1 is 1.35 bits per heavy atom. The second-order valence-corrected chi connectivity index (χ2v) is 5.37. The molecule has 1 heterocycles. The fourth-order valence-corrected chi connectivity index (χ4v) is 2.66. The van der Waals surface area contributed by atoms with Crippen molar-refractivity contribution >= 4 is 39.9 Å². The SMILES string of the molecule is COc1cc(/C=C2\NC(=O)N(CC(=O)O)C2=O)cc(Br)c1OC. The van der Waals surface area contributed by atoms with E-state index in [0.717, 1.165) is 0 Å². The van der Waals surface area contributed by atoms with Crippen molar-refractivity contribution in [2.24, 2.45) is 0 Å². The largest absolute Gasteiger partial charge is 0.493 e. The van der Waals surface area contributed by atoms with Crippen LogP contribution in [0.1, 0.15) is 5.56 Å². The van der Waals surface area contributed by atoms with Crippen LogP contribution >= 0.6 is 15.9 Å². The first kappa shape index (κ1) is 16.8. The number of rotatable bonds is 5. The molecular weight excluding hydrogens is 372 g/mol. The van der Waals surface area contributed by atoms with Gasteiger partial charge in [-0.25, -0.2) is 9.69 Å². The van der Waals surface area contributed by atoms with Crippen LogP contribution in [0.3, 0.4) is 0 Å². The van der Waals surface area contributed by atoms with Gasteiger partial charge in [0.05, 0.1) is 18.7 Å². The lowest BCUT2D eigenvalue weighted by Gasteiger charge is -2.10. The Bertz CT molecular complexity index is 715. The van der Waals surface area contributed by atoms with Crippen LogP contribution in [0.5, 0.6) is 11.5 Å². The van der Waals surface area contributed by atoms with E-state index in [4.69, 9.17) is 14.6 Å². The summed E-state index contributed by atoms with van der Waals surface area (Å²) in [6.07, 6.45) is 1.43. The molecule has 9 heteroatoms. The van der Waals surface area contributed by atoms with E-state index >= 15 is 0 Å². The molecule has 1 aromatic rings. The van der Waals surface area contributed by atoms with Crippen LogP contribution in [-0.2, 0) is 9.59 Å². The van der Waals surface area contributed by atoms with Gasteiger partial charge < -0.3 is 19.9 Å². The number of hydrogen-bond acceptors (Lipinski definition) is 5. The highest BCUT2D eigenvalue weighted by molar-refractivity contribution is 9.10. The molecule has 122 valence electrons. The number of carbonyl (C=O) groups is 3. The number of methoxy groups -OCH3 is 2. The number of hydrogen-bond donors (Lipinski definition) is 2. The maximum absolute atomic E-state index is 12.1. The molecule has 0 saturated carbocycles. The molecule has 1 saturated heterocycles. The first-order valence-corrected chi connectivity index (χ1v) is 7.14. The molecule has 1 aromatic carbocycles. The predicted octanol–water partition coefficient (Wildman–Crippen LogP) is 1.44. The van der Waals surface area contributed by atoms with Crippen molar-refractivity contribution in [3.63, 3.8) is 0 Å². The van der Waals surface area contributed by atoms with Gasteiger partial charge in [0.2, 0.25) is 0 Å². The molecule has 2 N–H and O–H groups in total. The van der Waals surface area contributed by atoms with Gasteiger partial charge in [-0.2, -0.15) is 0 Å². The Morgan fingerprint density at radius 3 is 2.61 bits per heavy atom. The molecule has 0 aromatic heterocycles. The number of carboxylic acids is 1. The summed E-state index contributed by atoms with van der Waals surface area (Å²) in [4.78, 5) is 35.0. The Kier molecular flexibility index (Phi) is 4.89. The van der Waals surface area contributed by atoms with E-state index in [0.29, 0.717) is 26.4 Å². The number of benzene rings is 1. The quantitative estimate of drug-likeness (QED) is 0.587. The normalized spacial score (nSPS) is 15.8. The predicted molar refractivity (Wildman–Crippen MR) is 83.1 cm³/mol. The number of urea groups is 1. The van der Waals surface area contributed by atoms with Gasteiger partial charge in [-0.1, -0.05) is 0 Å². The van der Waals surface area contributed by atoms with E-state index < -0.39 is 24.5 Å². The van der Waals surface area contributed by atoms with Gasteiger partial charge in [0.1, 0.15) is 12.2 Å². The van der Waals surface area contributed by atoms with Crippen LogP contribution in [0, 0.1) is 0 Å². The number of nitrogens with one attached hydrogen (secondary N) is 1. The summed E-state index contributed by atoms with van der Waals surface area (Å²) >= 11 is 3.33. The second-order valence-electron chi connectivity index (χ2n) is 4.51. The Balaban J connectivity index is 2.36. The number of halogens is 1. The van der Waals surface area contributed by atoms with Gasteiger partial charge in [0.15, 0.2) is 11.5 Å². The highest BCUT2D eigenvalue weighted by atomic mass is 79.9. The highest BCUT2D eigenvalue weighted by Crippen LogP contribution is 2.36. The zero-order valence-corrected chi connectivity index (χ0v) is 13.8.